The van der Waals surface area contributed by atoms with Crippen LogP contribution in [-0.2, 0) is 4.74 Å². The van der Waals surface area contributed by atoms with Gasteiger partial charge < -0.3 is 4.74 Å². The zero-order valence-corrected chi connectivity index (χ0v) is 7.10. The zero-order valence-electron chi connectivity index (χ0n) is 7.10. The Labute approximate surface area is 63.8 Å². The molecule has 1 fully saturated rings. The quantitative estimate of drug-likeness (QED) is 0.576. The molecule has 1 rings (SSSR count). The van der Waals surface area contributed by atoms with E-state index in [1.807, 2.05) is 0 Å². The molecule has 0 bridgehead atoms. The van der Waals surface area contributed by atoms with E-state index in [0.717, 1.165) is 12.5 Å². The van der Waals surface area contributed by atoms with Crippen LogP contribution in [0.1, 0.15) is 39.5 Å². The van der Waals surface area contributed by atoms with Crippen molar-refractivity contribution < 1.29 is 4.74 Å². The lowest BCUT2D eigenvalue weighted by Gasteiger charge is -2.26. The van der Waals surface area contributed by atoms with Gasteiger partial charge in [-0.2, -0.15) is 0 Å². The van der Waals surface area contributed by atoms with Gasteiger partial charge in [-0.3, -0.25) is 0 Å². The summed E-state index contributed by atoms with van der Waals surface area (Å²) in [7, 11) is 0. The highest BCUT2D eigenvalue weighted by atomic mass is 16.5. The van der Waals surface area contributed by atoms with Crippen LogP contribution >= 0.6 is 0 Å². The molecular weight excluding hydrogens is 124 g/mol. The van der Waals surface area contributed by atoms with Crippen LogP contribution in [0.4, 0.5) is 0 Å². The molecule has 1 heteroatoms. The fraction of sp³-hybridized carbons (Fsp3) is 1.00. The third-order valence-electron chi connectivity index (χ3n) is 2.24. The Bertz CT molecular complexity index is 88.7. The van der Waals surface area contributed by atoms with Gasteiger partial charge in [0.05, 0.1) is 6.10 Å². The number of hydrogen-bond donors (Lipinski definition) is 0. The van der Waals surface area contributed by atoms with Crippen molar-refractivity contribution in [2.45, 2.75) is 45.6 Å². The summed E-state index contributed by atoms with van der Waals surface area (Å²) < 4.78 is 5.59. The fourth-order valence-electron chi connectivity index (χ4n) is 1.59. The fourth-order valence-corrected chi connectivity index (χ4v) is 1.59. The second-order valence-corrected chi connectivity index (χ2v) is 3.41. The SMILES string of the molecule is CCCC1C[C@H](C)CCO1. The predicted molar refractivity (Wildman–Crippen MR) is 43.0 cm³/mol. The van der Waals surface area contributed by atoms with Crippen LogP contribution in [0.2, 0.25) is 0 Å². The van der Waals surface area contributed by atoms with Crippen LogP contribution in [0.5, 0.6) is 0 Å². The summed E-state index contributed by atoms with van der Waals surface area (Å²) >= 11 is 0. The highest BCUT2D eigenvalue weighted by Gasteiger charge is 2.17. The van der Waals surface area contributed by atoms with Gasteiger partial charge in [0.2, 0.25) is 0 Å². The molecule has 60 valence electrons. The molecule has 0 saturated carbocycles. The summed E-state index contributed by atoms with van der Waals surface area (Å²) in [5.41, 5.74) is 0. The first-order chi connectivity index (χ1) is 4.83. The summed E-state index contributed by atoms with van der Waals surface area (Å²) in [5.74, 6) is 0.894. The van der Waals surface area contributed by atoms with Gasteiger partial charge in [0.15, 0.2) is 0 Å². The van der Waals surface area contributed by atoms with Crippen LogP contribution in [0.15, 0.2) is 0 Å². The molecule has 1 aliphatic rings. The average Bonchev–Trinajstić information content (AvgIpc) is 1.88. The van der Waals surface area contributed by atoms with Gasteiger partial charge >= 0.3 is 0 Å². The smallest absolute Gasteiger partial charge is 0.0577 e. The minimum absolute atomic E-state index is 0.578. The topological polar surface area (TPSA) is 9.23 Å². The van der Waals surface area contributed by atoms with E-state index in [4.69, 9.17) is 4.74 Å². The van der Waals surface area contributed by atoms with Gasteiger partial charge in [0, 0.05) is 6.61 Å². The molecule has 0 N–H and O–H groups in total. The number of rotatable bonds is 2. The van der Waals surface area contributed by atoms with Gasteiger partial charge in [0.1, 0.15) is 0 Å². The van der Waals surface area contributed by atoms with E-state index in [9.17, 15) is 0 Å². The lowest BCUT2D eigenvalue weighted by Crippen LogP contribution is -2.23. The summed E-state index contributed by atoms with van der Waals surface area (Å²) in [6.07, 6.45) is 5.64. The Hall–Kier alpha value is -0.0400. The minimum Gasteiger partial charge on any atom is -0.378 e. The summed E-state index contributed by atoms with van der Waals surface area (Å²) in [6.45, 7) is 5.54. The van der Waals surface area contributed by atoms with Gasteiger partial charge in [-0.05, 0) is 25.2 Å². The maximum atomic E-state index is 5.59. The van der Waals surface area contributed by atoms with Crippen LogP contribution in [0, 0.1) is 5.92 Å². The first kappa shape index (κ1) is 8.06. The van der Waals surface area contributed by atoms with Crippen LogP contribution in [0.25, 0.3) is 0 Å². The summed E-state index contributed by atoms with van der Waals surface area (Å²) in [6, 6.07) is 0. The number of ether oxygens (including phenoxy) is 1. The summed E-state index contributed by atoms with van der Waals surface area (Å²) in [5, 5.41) is 0. The average molecular weight is 142 g/mol. The van der Waals surface area contributed by atoms with Gasteiger partial charge in [-0.15, -0.1) is 0 Å². The molecule has 0 amide bonds. The van der Waals surface area contributed by atoms with Crippen molar-refractivity contribution >= 4 is 0 Å². The van der Waals surface area contributed by atoms with E-state index in [2.05, 4.69) is 13.8 Å². The predicted octanol–water partition coefficient (Wildman–Crippen LogP) is 2.60. The zero-order chi connectivity index (χ0) is 7.40. The van der Waals surface area contributed by atoms with Crippen molar-refractivity contribution in [3.8, 4) is 0 Å². The Balaban J connectivity index is 2.18. The Morgan fingerprint density at radius 3 is 2.90 bits per heavy atom. The second kappa shape index (κ2) is 3.97. The van der Waals surface area contributed by atoms with E-state index in [1.165, 1.54) is 25.7 Å². The molecule has 1 nitrogen and oxygen atoms in total. The van der Waals surface area contributed by atoms with Crippen molar-refractivity contribution in [2.24, 2.45) is 5.92 Å². The first-order valence-electron chi connectivity index (χ1n) is 4.44. The molecule has 0 radical (unpaired) electrons. The molecule has 1 aliphatic heterocycles. The third-order valence-corrected chi connectivity index (χ3v) is 2.24. The largest absolute Gasteiger partial charge is 0.378 e. The molecule has 0 aromatic carbocycles. The lowest BCUT2D eigenvalue weighted by molar-refractivity contribution is -0.00950. The third kappa shape index (κ3) is 2.30. The maximum absolute atomic E-state index is 5.59. The number of hydrogen-bond acceptors (Lipinski definition) is 1. The monoisotopic (exact) mass is 142 g/mol. The van der Waals surface area contributed by atoms with Crippen LogP contribution in [-0.4, -0.2) is 12.7 Å². The van der Waals surface area contributed by atoms with Gasteiger partial charge in [-0.1, -0.05) is 20.3 Å². The molecule has 2 atom stereocenters. The van der Waals surface area contributed by atoms with E-state index >= 15 is 0 Å². The van der Waals surface area contributed by atoms with Crippen molar-refractivity contribution in [1.82, 2.24) is 0 Å². The van der Waals surface area contributed by atoms with Gasteiger partial charge in [-0.25, -0.2) is 0 Å². The molecule has 10 heavy (non-hydrogen) atoms. The van der Waals surface area contributed by atoms with Crippen molar-refractivity contribution in [3.05, 3.63) is 0 Å². The van der Waals surface area contributed by atoms with Crippen LogP contribution in [0.3, 0.4) is 0 Å². The first-order valence-corrected chi connectivity index (χ1v) is 4.44. The van der Waals surface area contributed by atoms with Gasteiger partial charge in [0.25, 0.3) is 0 Å². The van der Waals surface area contributed by atoms with Crippen LogP contribution < -0.4 is 0 Å². The molecular formula is C9H18O. The molecule has 1 unspecified atom stereocenters. The molecule has 1 heterocycles. The molecule has 0 spiro atoms. The summed E-state index contributed by atoms with van der Waals surface area (Å²) in [4.78, 5) is 0. The van der Waals surface area contributed by atoms with E-state index in [1.54, 1.807) is 0 Å². The van der Waals surface area contributed by atoms with E-state index in [0.29, 0.717) is 6.10 Å². The highest BCUT2D eigenvalue weighted by molar-refractivity contribution is 4.67. The highest BCUT2D eigenvalue weighted by Crippen LogP contribution is 2.21. The molecule has 0 aliphatic carbocycles. The molecule has 1 saturated heterocycles. The lowest BCUT2D eigenvalue weighted by atomic mass is 9.95. The van der Waals surface area contributed by atoms with E-state index in [-0.39, 0.29) is 0 Å². The van der Waals surface area contributed by atoms with E-state index < -0.39 is 0 Å². The van der Waals surface area contributed by atoms with Crippen molar-refractivity contribution in [1.29, 1.82) is 0 Å². The molecule has 0 aromatic rings. The minimum atomic E-state index is 0.578. The van der Waals surface area contributed by atoms with Crippen molar-refractivity contribution in [2.75, 3.05) is 6.61 Å². The maximum Gasteiger partial charge on any atom is 0.0577 e. The van der Waals surface area contributed by atoms with Crippen molar-refractivity contribution in [3.63, 3.8) is 0 Å². The Morgan fingerprint density at radius 2 is 2.30 bits per heavy atom. The normalized spacial score (nSPS) is 34.2. The second-order valence-electron chi connectivity index (χ2n) is 3.41. The Morgan fingerprint density at radius 1 is 1.50 bits per heavy atom. The molecule has 0 aromatic heterocycles. The standard InChI is InChI=1S/C9H18O/c1-3-4-9-7-8(2)5-6-10-9/h8-9H,3-7H2,1-2H3/t8-,9?/m1/s1. The Kier molecular flexibility index (Phi) is 3.20.